The Morgan fingerprint density at radius 1 is 1.28 bits per heavy atom. The van der Waals surface area contributed by atoms with Crippen LogP contribution in [-0.2, 0) is 6.54 Å². The van der Waals surface area contributed by atoms with Crippen LogP contribution in [-0.4, -0.2) is 14.8 Å². The predicted molar refractivity (Wildman–Crippen MR) is 61.9 cm³/mol. The highest BCUT2D eigenvalue weighted by Crippen LogP contribution is 2.32. The summed E-state index contributed by atoms with van der Waals surface area (Å²) in [6.45, 7) is 0.764. The van der Waals surface area contributed by atoms with Gasteiger partial charge in [0.2, 0.25) is 5.95 Å². The molecule has 2 heterocycles. The largest absolute Gasteiger partial charge is 0.366 e. The van der Waals surface area contributed by atoms with Gasteiger partial charge in [0.1, 0.15) is 5.82 Å². The van der Waals surface area contributed by atoms with E-state index in [1.807, 2.05) is 0 Å². The predicted octanol–water partition coefficient (Wildman–Crippen LogP) is 2.06. The second kappa shape index (κ2) is 4.04. The second-order valence-electron chi connectivity index (χ2n) is 4.42. The number of aromatic nitrogens is 3. The van der Waals surface area contributed by atoms with Crippen molar-refractivity contribution in [2.75, 3.05) is 5.73 Å². The molecule has 1 aliphatic heterocycles. The summed E-state index contributed by atoms with van der Waals surface area (Å²) in [6.07, 6.45) is 1.75. The summed E-state index contributed by atoms with van der Waals surface area (Å²) >= 11 is 0. The molecule has 0 spiro atoms. The first-order chi connectivity index (χ1) is 8.65. The van der Waals surface area contributed by atoms with E-state index in [2.05, 4.69) is 10.1 Å². The van der Waals surface area contributed by atoms with Gasteiger partial charge in [0.25, 0.3) is 0 Å². The smallest absolute Gasteiger partial charge is 0.239 e. The first kappa shape index (κ1) is 11.1. The number of hydrogen-bond donors (Lipinski definition) is 1. The van der Waals surface area contributed by atoms with E-state index in [1.54, 1.807) is 10.7 Å². The lowest BCUT2D eigenvalue weighted by Crippen LogP contribution is -2.18. The highest BCUT2D eigenvalue weighted by molar-refractivity contribution is 5.30. The number of nitrogens with two attached hydrogens (primary N) is 1. The van der Waals surface area contributed by atoms with Crippen molar-refractivity contribution in [2.45, 2.75) is 25.3 Å². The third-order valence-corrected chi connectivity index (χ3v) is 3.24. The zero-order valence-electron chi connectivity index (χ0n) is 9.61. The van der Waals surface area contributed by atoms with Gasteiger partial charge in [-0.15, -0.1) is 5.10 Å². The van der Waals surface area contributed by atoms with Crippen molar-refractivity contribution in [3.63, 3.8) is 0 Å². The Labute approximate surface area is 102 Å². The zero-order valence-corrected chi connectivity index (χ0v) is 9.61. The number of nitrogens with zero attached hydrogens (tertiary/aromatic N) is 3. The van der Waals surface area contributed by atoms with Crippen LogP contribution >= 0.6 is 0 Å². The van der Waals surface area contributed by atoms with Crippen molar-refractivity contribution < 1.29 is 8.78 Å². The molecule has 2 N–H and O–H groups in total. The molecule has 3 rings (SSSR count). The molecule has 2 aromatic rings. The van der Waals surface area contributed by atoms with Crippen LogP contribution in [0, 0.1) is 11.6 Å². The first-order valence-corrected chi connectivity index (χ1v) is 5.80. The normalized spacial score (nSPS) is 18.7. The average Bonchev–Trinajstić information content (AvgIpc) is 2.72. The highest BCUT2D eigenvalue weighted by Gasteiger charge is 2.25. The molecule has 0 aliphatic carbocycles. The minimum Gasteiger partial charge on any atom is -0.366 e. The fourth-order valence-corrected chi connectivity index (χ4v) is 2.41. The van der Waals surface area contributed by atoms with Gasteiger partial charge in [0, 0.05) is 12.5 Å². The molecule has 0 amide bonds. The van der Waals surface area contributed by atoms with Gasteiger partial charge >= 0.3 is 0 Å². The first-order valence-electron chi connectivity index (χ1n) is 5.80. The molecule has 6 heteroatoms. The number of nitrogen functional groups attached to an aromatic ring is 1. The summed E-state index contributed by atoms with van der Waals surface area (Å²) in [7, 11) is 0. The number of rotatable bonds is 1. The molecule has 0 fully saturated rings. The lowest BCUT2D eigenvalue weighted by Gasteiger charge is -2.22. The van der Waals surface area contributed by atoms with Gasteiger partial charge in [-0.3, -0.25) is 0 Å². The average molecular weight is 250 g/mol. The Morgan fingerprint density at radius 2 is 2.11 bits per heavy atom. The molecule has 0 bridgehead atoms. The standard InChI is InChI=1S/C12H12F2N4/c13-9-4-3-7(6-10(9)14)8-2-1-5-18-11(8)16-12(15)17-18/h3-4,6,8H,1-2,5H2,(H2,15,17). The molecule has 0 radical (unpaired) electrons. The van der Waals surface area contributed by atoms with Gasteiger partial charge in [-0.1, -0.05) is 6.07 Å². The van der Waals surface area contributed by atoms with Crippen molar-refractivity contribution in [3.8, 4) is 0 Å². The summed E-state index contributed by atoms with van der Waals surface area (Å²) < 4.78 is 28.0. The molecule has 1 atom stereocenters. The van der Waals surface area contributed by atoms with E-state index in [-0.39, 0.29) is 11.9 Å². The van der Waals surface area contributed by atoms with Gasteiger partial charge in [-0.2, -0.15) is 4.98 Å². The SMILES string of the molecule is Nc1nc2n(n1)CCCC2c1ccc(F)c(F)c1. The Balaban J connectivity index is 2.05. The van der Waals surface area contributed by atoms with Crippen molar-refractivity contribution >= 4 is 5.95 Å². The molecule has 1 unspecified atom stereocenters. The minimum atomic E-state index is -0.837. The molecule has 94 valence electrons. The molecule has 1 aromatic heterocycles. The molecule has 1 aliphatic rings. The number of benzene rings is 1. The van der Waals surface area contributed by atoms with Crippen LogP contribution in [0.25, 0.3) is 0 Å². The Morgan fingerprint density at radius 3 is 2.89 bits per heavy atom. The van der Waals surface area contributed by atoms with E-state index in [1.165, 1.54) is 6.07 Å². The Kier molecular flexibility index (Phi) is 2.50. The van der Waals surface area contributed by atoms with Gasteiger partial charge in [0.15, 0.2) is 11.6 Å². The molecule has 4 nitrogen and oxygen atoms in total. The third kappa shape index (κ3) is 1.73. The summed E-state index contributed by atoms with van der Waals surface area (Å²) in [5, 5.41) is 4.08. The monoisotopic (exact) mass is 250 g/mol. The van der Waals surface area contributed by atoms with Crippen LogP contribution < -0.4 is 5.73 Å². The fraction of sp³-hybridized carbons (Fsp3) is 0.333. The van der Waals surface area contributed by atoms with Crippen LogP contribution in [0.3, 0.4) is 0 Å². The van der Waals surface area contributed by atoms with Gasteiger partial charge in [-0.25, -0.2) is 13.5 Å². The summed E-state index contributed by atoms with van der Waals surface area (Å²) in [5.74, 6) is -0.796. The zero-order chi connectivity index (χ0) is 12.7. The Bertz CT molecular complexity index is 594. The maximum Gasteiger partial charge on any atom is 0.239 e. The molecule has 0 saturated heterocycles. The summed E-state index contributed by atoms with van der Waals surface area (Å²) in [4.78, 5) is 4.17. The lowest BCUT2D eigenvalue weighted by molar-refractivity contribution is 0.442. The van der Waals surface area contributed by atoms with Crippen LogP contribution in [0.5, 0.6) is 0 Å². The molecular formula is C12H12F2N4. The fourth-order valence-electron chi connectivity index (χ4n) is 2.41. The lowest BCUT2D eigenvalue weighted by atomic mass is 9.91. The van der Waals surface area contributed by atoms with Crippen LogP contribution in [0.2, 0.25) is 0 Å². The van der Waals surface area contributed by atoms with Gasteiger partial charge in [0.05, 0.1) is 0 Å². The van der Waals surface area contributed by atoms with Crippen molar-refractivity contribution in [1.29, 1.82) is 0 Å². The minimum absolute atomic E-state index is 0.0707. The highest BCUT2D eigenvalue weighted by atomic mass is 19.2. The van der Waals surface area contributed by atoms with E-state index in [0.29, 0.717) is 5.56 Å². The molecule has 0 saturated carbocycles. The molecule has 18 heavy (non-hydrogen) atoms. The van der Waals surface area contributed by atoms with E-state index in [9.17, 15) is 8.78 Å². The number of hydrogen-bond acceptors (Lipinski definition) is 3. The van der Waals surface area contributed by atoms with Crippen molar-refractivity contribution in [1.82, 2.24) is 14.8 Å². The van der Waals surface area contributed by atoms with Crippen molar-refractivity contribution in [2.24, 2.45) is 0 Å². The summed E-state index contributed by atoms with van der Waals surface area (Å²) in [6, 6.07) is 3.95. The second-order valence-corrected chi connectivity index (χ2v) is 4.42. The maximum absolute atomic E-state index is 13.3. The van der Waals surface area contributed by atoms with Crippen LogP contribution in [0.15, 0.2) is 18.2 Å². The van der Waals surface area contributed by atoms with Gasteiger partial charge < -0.3 is 5.73 Å². The van der Waals surface area contributed by atoms with Crippen LogP contribution in [0.4, 0.5) is 14.7 Å². The number of halogens is 2. The quantitative estimate of drug-likeness (QED) is 0.842. The maximum atomic E-state index is 13.3. The Hall–Kier alpha value is -1.98. The van der Waals surface area contributed by atoms with E-state index in [0.717, 1.165) is 31.3 Å². The number of aryl methyl sites for hydroxylation is 1. The van der Waals surface area contributed by atoms with Crippen molar-refractivity contribution in [3.05, 3.63) is 41.2 Å². The third-order valence-electron chi connectivity index (χ3n) is 3.24. The summed E-state index contributed by atoms with van der Waals surface area (Å²) in [5.41, 5.74) is 6.29. The van der Waals surface area contributed by atoms with Crippen LogP contribution in [0.1, 0.15) is 30.1 Å². The number of fused-ring (bicyclic) bond motifs is 1. The topological polar surface area (TPSA) is 56.7 Å². The number of anilines is 1. The van der Waals surface area contributed by atoms with E-state index < -0.39 is 11.6 Å². The van der Waals surface area contributed by atoms with Gasteiger partial charge in [-0.05, 0) is 30.5 Å². The van der Waals surface area contributed by atoms with E-state index in [4.69, 9.17) is 5.73 Å². The van der Waals surface area contributed by atoms with E-state index >= 15 is 0 Å². The molecule has 1 aromatic carbocycles. The molecular weight excluding hydrogens is 238 g/mol.